The average molecular weight is 306 g/mol. The molecule has 0 aliphatic heterocycles. The van der Waals surface area contributed by atoms with Crippen molar-refractivity contribution in [1.82, 2.24) is 10.2 Å². The normalized spacial score (nSPS) is 11.9. The number of rotatable bonds is 11. The Labute approximate surface area is 120 Å². The summed E-state index contributed by atoms with van der Waals surface area (Å²) in [6, 6.07) is 0. The highest BCUT2D eigenvalue weighted by atomic mass is 16.4. The van der Waals surface area contributed by atoms with Crippen LogP contribution in [0.4, 0.5) is 0 Å². The number of carbonyl (C=O) groups is 4. The molecule has 0 spiro atoms. The number of hydrogen-bond donors (Lipinski definition) is 5. The van der Waals surface area contributed by atoms with Gasteiger partial charge < -0.3 is 25.5 Å². The van der Waals surface area contributed by atoms with Gasteiger partial charge in [-0.3, -0.25) is 19.3 Å². The molecule has 120 valence electrons. The van der Waals surface area contributed by atoms with E-state index in [-0.39, 0.29) is 32.1 Å². The first kappa shape index (κ1) is 18.8. The van der Waals surface area contributed by atoms with Crippen molar-refractivity contribution in [3.8, 4) is 0 Å². The van der Waals surface area contributed by atoms with Gasteiger partial charge in [-0.15, -0.1) is 0 Å². The highest BCUT2D eigenvalue weighted by molar-refractivity contribution is 5.76. The highest BCUT2D eigenvalue weighted by Crippen LogP contribution is 1.86. The third-order valence-corrected chi connectivity index (χ3v) is 2.59. The molecule has 10 nitrogen and oxygen atoms in total. The van der Waals surface area contributed by atoms with E-state index < -0.39 is 31.0 Å². The summed E-state index contributed by atoms with van der Waals surface area (Å²) in [5.74, 6) is -3.81. The third-order valence-electron chi connectivity index (χ3n) is 2.59. The maximum atomic E-state index is 11.3. The second-order valence-corrected chi connectivity index (χ2v) is 4.42. The predicted octanol–water partition coefficient (Wildman–Crippen LogP) is -3.83. The van der Waals surface area contributed by atoms with Gasteiger partial charge in [0.25, 0.3) is 5.91 Å². The minimum atomic E-state index is -1.18. The van der Waals surface area contributed by atoms with Crippen LogP contribution in [0.3, 0.4) is 0 Å². The fourth-order valence-corrected chi connectivity index (χ4v) is 1.68. The van der Waals surface area contributed by atoms with E-state index in [1.54, 1.807) is 0 Å². The average Bonchev–Trinajstić information content (AvgIpc) is 2.33. The zero-order valence-corrected chi connectivity index (χ0v) is 11.7. The molecule has 0 aromatic carbocycles. The van der Waals surface area contributed by atoms with E-state index >= 15 is 0 Å². The van der Waals surface area contributed by atoms with Crippen molar-refractivity contribution >= 4 is 23.8 Å². The fourth-order valence-electron chi connectivity index (χ4n) is 1.68. The number of amides is 1. The van der Waals surface area contributed by atoms with Crippen LogP contribution in [0, 0.1) is 0 Å². The molecule has 5 N–H and O–H groups in total. The molecule has 21 heavy (non-hydrogen) atoms. The van der Waals surface area contributed by atoms with Gasteiger partial charge in [-0.1, -0.05) is 0 Å². The quantitative estimate of drug-likeness (QED) is 0.261. The van der Waals surface area contributed by atoms with Gasteiger partial charge in [-0.05, 0) is 0 Å². The fraction of sp³-hybridized carbons (Fsp3) is 0.636. The molecule has 1 unspecified atom stereocenters. The smallest absolute Gasteiger partial charge is 0.359 e. The van der Waals surface area contributed by atoms with Crippen molar-refractivity contribution in [3.05, 3.63) is 0 Å². The van der Waals surface area contributed by atoms with E-state index in [0.717, 1.165) is 4.90 Å². The Kier molecular flexibility index (Phi) is 8.65. The molecule has 0 heterocycles. The Morgan fingerprint density at radius 3 is 1.86 bits per heavy atom. The van der Waals surface area contributed by atoms with Crippen LogP contribution in [-0.4, -0.2) is 90.4 Å². The van der Waals surface area contributed by atoms with E-state index in [9.17, 15) is 19.2 Å². The maximum absolute atomic E-state index is 11.3. The first-order valence-electron chi connectivity index (χ1n) is 6.16. The Bertz CT molecular complexity index is 383. The molecule has 0 radical (unpaired) electrons. The number of carboxylic acids is 3. The molecular weight excluding hydrogens is 286 g/mol. The second-order valence-electron chi connectivity index (χ2n) is 4.42. The number of carboxylic acid groups (broad SMARTS) is 3. The molecule has 0 saturated carbocycles. The minimum Gasteiger partial charge on any atom is -0.480 e. The van der Waals surface area contributed by atoms with Gasteiger partial charge in [0.15, 0.2) is 13.1 Å². The lowest BCUT2D eigenvalue weighted by Crippen LogP contribution is -3.14. The third kappa shape index (κ3) is 10.3. The van der Waals surface area contributed by atoms with Crippen LogP contribution in [0.5, 0.6) is 0 Å². The van der Waals surface area contributed by atoms with Crippen LogP contribution in [0.1, 0.15) is 0 Å². The zero-order chi connectivity index (χ0) is 16.4. The van der Waals surface area contributed by atoms with E-state index in [2.05, 4.69) is 5.32 Å². The van der Waals surface area contributed by atoms with Gasteiger partial charge in [0.05, 0.1) is 19.6 Å². The molecule has 0 aromatic rings. The van der Waals surface area contributed by atoms with E-state index in [4.69, 9.17) is 15.3 Å². The predicted molar refractivity (Wildman–Crippen MR) is 69.0 cm³/mol. The molecule has 10 heteroatoms. The number of nitrogens with zero attached hydrogens (tertiary/aromatic N) is 1. The Balaban J connectivity index is 4.56. The first-order chi connectivity index (χ1) is 9.74. The molecule has 0 aliphatic carbocycles. The molecular formula is C11H20N3O7+. The van der Waals surface area contributed by atoms with Crippen molar-refractivity contribution in [2.45, 2.75) is 0 Å². The number of likely N-dealkylation sites (N-methyl/N-ethyl adjacent to an activating group) is 1. The van der Waals surface area contributed by atoms with Gasteiger partial charge in [0.2, 0.25) is 0 Å². The van der Waals surface area contributed by atoms with Crippen LogP contribution >= 0.6 is 0 Å². The van der Waals surface area contributed by atoms with Gasteiger partial charge in [-0.25, -0.2) is 4.79 Å². The lowest BCUT2D eigenvalue weighted by molar-refractivity contribution is -0.883. The van der Waals surface area contributed by atoms with E-state index in [1.165, 1.54) is 7.05 Å². The Morgan fingerprint density at radius 2 is 1.48 bits per heavy atom. The molecule has 1 amide bonds. The summed E-state index contributed by atoms with van der Waals surface area (Å²) in [5.41, 5.74) is 0. The molecule has 0 bridgehead atoms. The molecule has 0 fully saturated rings. The van der Waals surface area contributed by atoms with Crippen LogP contribution in [0.25, 0.3) is 0 Å². The lowest BCUT2D eigenvalue weighted by Gasteiger charge is -2.22. The van der Waals surface area contributed by atoms with Crippen LogP contribution in [0.15, 0.2) is 0 Å². The number of hydrogen-bond acceptors (Lipinski definition) is 5. The van der Waals surface area contributed by atoms with Gasteiger partial charge in [0, 0.05) is 13.6 Å². The Hall–Kier alpha value is -2.20. The van der Waals surface area contributed by atoms with Crippen molar-refractivity contribution in [1.29, 1.82) is 0 Å². The zero-order valence-electron chi connectivity index (χ0n) is 11.7. The summed E-state index contributed by atoms with van der Waals surface area (Å²) in [6.45, 7) is -1.14. The monoisotopic (exact) mass is 306 g/mol. The number of quaternary nitrogens is 1. The molecule has 0 rings (SSSR count). The SMILES string of the molecule is CNC(=O)C[NH+](CCN(CC(=O)O)CC(=O)O)CC(=O)O. The summed E-state index contributed by atoms with van der Waals surface area (Å²) >= 11 is 0. The summed E-state index contributed by atoms with van der Waals surface area (Å²) < 4.78 is 0. The molecule has 0 aromatic heterocycles. The number of nitrogens with one attached hydrogen (secondary N) is 2. The second kappa shape index (κ2) is 9.66. The number of carbonyl (C=O) groups excluding carboxylic acids is 1. The van der Waals surface area contributed by atoms with Crippen LogP contribution in [0.2, 0.25) is 0 Å². The van der Waals surface area contributed by atoms with Gasteiger partial charge >= 0.3 is 17.9 Å². The lowest BCUT2D eigenvalue weighted by atomic mass is 10.3. The van der Waals surface area contributed by atoms with E-state index in [1.807, 2.05) is 0 Å². The first-order valence-corrected chi connectivity index (χ1v) is 6.16. The maximum Gasteiger partial charge on any atom is 0.359 e. The summed E-state index contributed by atoms with van der Waals surface area (Å²) in [6.07, 6.45) is 0. The van der Waals surface area contributed by atoms with Crippen molar-refractivity contribution in [3.63, 3.8) is 0 Å². The van der Waals surface area contributed by atoms with Crippen molar-refractivity contribution in [2.24, 2.45) is 0 Å². The molecule has 0 saturated heterocycles. The van der Waals surface area contributed by atoms with E-state index in [0.29, 0.717) is 4.90 Å². The van der Waals surface area contributed by atoms with Gasteiger partial charge in [-0.2, -0.15) is 0 Å². The van der Waals surface area contributed by atoms with Crippen molar-refractivity contribution < 1.29 is 39.4 Å². The summed E-state index contributed by atoms with van der Waals surface area (Å²) in [7, 11) is 1.42. The molecule has 1 atom stereocenters. The van der Waals surface area contributed by atoms with Crippen LogP contribution in [-0.2, 0) is 19.2 Å². The standard InChI is InChI=1S/C11H19N3O7/c1-12-8(15)4-13(5-9(16)17)2-3-14(6-10(18)19)7-11(20)21/h2-7H2,1H3,(H,12,15)(H,16,17)(H,18,19)(H,20,21)/p+1. The highest BCUT2D eigenvalue weighted by Gasteiger charge is 2.20. The van der Waals surface area contributed by atoms with Crippen LogP contribution < -0.4 is 10.2 Å². The minimum absolute atomic E-state index is 0.0538. The topological polar surface area (TPSA) is 149 Å². The summed E-state index contributed by atoms with van der Waals surface area (Å²) in [5, 5.41) is 28.5. The summed E-state index contributed by atoms with van der Waals surface area (Å²) in [4.78, 5) is 44.8. The van der Waals surface area contributed by atoms with Gasteiger partial charge in [0.1, 0.15) is 0 Å². The molecule has 0 aliphatic rings. The number of aliphatic carboxylic acids is 3. The Morgan fingerprint density at radius 1 is 0.952 bits per heavy atom. The largest absolute Gasteiger partial charge is 0.480 e. The van der Waals surface area contributed by atoms with Crippen molar-refractivity contribution in [2.75, 3.05) is 46.3 Å².